The summed E-state index contributed by atoms with van der Waals surface area (Å²) in [5, 5.41) is 7.52. The zero-order chi connectivity index (χ0) is 30.5. The van der Waals surface area contributed by atoms with Crippen molar-refractivity contribution >= 4 is 70.1 Å². The predicted molar refractivity (Wildman–Crippen MR) is 198 cm³/mol. The molecule has 0 spiro atoms. The Kier molecular flexibility index (Phi) is 6.36. The van der Waals surface area contributed by atoms with E-state index in [0.717, 1.165) is 17.1 Å². The maximum Gasteiger partial charge on any atom is 0.0468 e. The lowest BCUT2D eigenvalue weighted by Gasteiger charge is -2.26. The second-order valence-electron chi connectivity index (χ2n) is 11.6. The van der Waals surface area contributed by atoms with Gasteiger partial charge in [0.1, 0.15) is 0 Å². The third kappa shape index (κ3) is 4.52. The molecule has 9 rings (SSSR count). The SMILES string of the molecule is c1ccc(-c2ccc(N(c3ccc(-c4cc5ccccc5c5ccccc45)cc3)c3ccc4sc5ccncc5c4c3)cc2)cc1. The number of pyridine rings is 1. The fraction of sp³-hybridized carbons (Fsp3) is 0. The first-order chi connectivity index (χ1) is 22.8. The van der Waals surface area contributed by atoms with Crippen LogP contribution in [-0.4, -0.2) is 4.98 Å². The molecule has 7 aromatic carbocycles. The molecular weight excluding hydrogens is 577 g/mol. The van der Waals surface area contributed by atoms with Crippen molar-refractivity contribution in [3.05, 3.63) is 170 Å². The Morgan fingerprint density at radius 1 is 0.413 bits per heavy atom. The molecule has 0 aliphatic heterocycles. The van der Waals surface area contributed by atoms with Crippen LogP contribution in [0, 0.1) is 0 Å². The first-order valence-electron chi connectivity index (χ1n) is 15.5. The van der Waals surface area contributed by atoms with Gasteiger partial charge >= 0.3 is 0 Å². The molecule has 2 heterocycles. The summed E-state index contributed by atoms with van der Waals surface area (Å²) in [4.78, 5) is 6.79. The Bertz CT molecular complexity index is 2510. The number of anilines is 3. The van der Waals surface area contributed by atoms with E-state index in [1.165, 1.54) is 64.0 Å². The van der Waals surface area contributed by atoms with Gasteiger partial charge in [0, 0.05) is 49.6 Å². The average molecular weight is 605 g/mol. The number of hydrogen-bond acceptors (Lipinski definition) is 3. The molecule has 3 heteroatoms. The van der Waals surface area contributed by atoms with E-state index in [1.807, 2.05) is 23.7 Å². The Balaban J connectivity index is 1.18. The highest BCUT2D eigenvalue weighted by Crippen LogP contribution is 2.42. The fourth-order valence-electron chi connectivity index (χ4n) is 6.71. The third-order valence-corrected chi connectivity index (χ3v) is 10.1. The molecule has 0 atom stereocenters. The summed E-state index contributed by atoms with van der Waals surface area (Å²) in [5.41, 5.74) is 8.21. The number of hydrogen-bond donors (Lipinski definition) is 0. The second-order valence-corrected chi connectivity index (χ2v) is 12.7. The highest BCUT2D eigenvalue weighted by molar-refractivity contribution is 7.25. The van der Waals surface area contributed by atoms with Crippen molar-refractivity contribution in [1.82, 2.24) is 4.98 Å². The lowest BCUT2D eigenvalue weighted by molar-refractivity contribution is 1.29. The van der Waals surface area contributed by atoms with Gasteiger partial charge in [-0.3, -0.25) is 4.98 Å². The molecule has 46 heavy (non-hydrogen) atoms. The normalized spacial score (nSPS) is 11.5. The molecule has 0 fully saturated rings. The maximum absolute atomic E-state index is 4.44. The molecule has 216 valence electrons. The minimum Gasteiger partial charge on any atom is -0.310 e. The molecule has 0 bridgehead atoms. The smallest absolute Gasteiger partial charge is 0.0468 e. The van der Waals surface area contributed by atoms with Gasteiger partial charge in [0.15, 0.2) is 0 Å². The molecule has 2 nitrogen and oxygen atoms in total. The summed E-state index contributed by atoms with van der Waals surface area (Å²) in [7, 11) is 0. The number of aromatic nitrogens is 1. The highest BCUT2D eigenvalue weighted by atomic mass is 32.1. The van der Waals surface area contributed by atoms with Gasteiger partial charge < -0.3 is 4.90 Å². The first-order valence-corrected chi connectivity index (χ1v) is 16.3. The average Bonchev–Trinajstić information content (AvgIpc) is 3.51. The summed E-state index contributed by atoms with van der Waals surface area (Å²) in [6, 6.07) is 57.1. The van der Waals surface area contributed by atoms with Gasteiger partial charge in [0.05, 0.1) is 0 Å². The third-order valence-electron chi connectivity index (χ3n) is 8.95. The maximum atomic E-state index is 4.44. The molecule has 0 N–H and O–H groups in total. The van der Waals surface area contributed by atoms with Crippen molar-refractivity contribution in [2.24, 2.45) is 0 Å². The van der Waals surface area contributed by atoms with Crippen LogP contribution < -0.4 is 4.90 Å². The molecule has 0 saturated heterocycles. The number of rotatable bonds is 5. The van der Waals surface area contributed by atoms with Crippen molar-refractivity contribution in [1.29, 1.82) is 0 Å². The van der Waals surface area contributed by atoms with Crippen LogP contribution in [0.25, 0.3) is 64.0 Å². The largest absolute Gasteiger partial charge is 0.310 e. The Morgan fingerprint density at radius 3 is 1.80 bits per heavy atom. The molecule has 0 unspecified atom stereocenters. The Labute approximate surface area is 271 Å². The molecule has 0 radical (unpaired) electrons. The predicted octanol–water partition coefficient (Wildman–Crippen LogP) is 12.6. The lowest BCUT2D eigenvalue weighted by Crippen LogP contribution is -2.09. The van der Waals surface area contributed by atoms with E-state index in [4.69, 9.17) is 0 Å². The van der Waals surface area contributed by atoms with E-state index in [2.05, 4.69) is 168 Å². The molecule has 0 saturated carbocycles. The van der Waals surface area contributed by atoms with E-state index in [1.54, 1.807) is 0 Å². The summed E-state index contributed by atoms with van der Waals surface area (Å²) in [6.45, 7) is 0. The van der Waals surface area contributed by atoms with E-state index in [0.29, 0.717) is 0 Å². The molecule has 9 aromatic rings. The van der Waals surface area contributed by atoms with E-state index >= 15 is 0 Å². The lowest BCUT2D eigenvalue weighted by atomic mass is 9.93. The van der Waals surface area contributed by atoms with E-state index in [-0.39, 0.29) is 0 Å². The van der Waals surface area contributed by atoms with Gasteiger partial charge in [-0.25, -0.2) is 0 Å². The van der Waals surface area contributed by atoms with Gasteiger partial charge in [-0.05, 0) is 98.4 Å². The van der Waals surface area contributed by atoms with Crippen LogP contribution in [0.5, 0.6) is 0 Å². The van der Waals surface area contributed by atoms with Crippen LogP contribution in [-0.2, 0) is 0 Å². The van der Waals surface area contributed by atoms with Gasteiger partial charge in [-0.15, -0.1) is 11.3 Å². The van der Waals surface area contributed by atoms with Crippen molar-refractivity contribution in [3.63, 3.8) is 0 Å². The van der Waals surface area contributed by atoms with Crippen molar-refractivity contribution in [2.45, 2.75) is 0 Å². The quantitative estimate of drug-likeness (QED) is 0.182. The van der Waals surface area contributed by atoms with E-state index < -0.39 is 0 Å². The van der Waals surface area contributed by atoms with Crippen LogP contribution in [0.2, 0.25) is 0 Å². The fourth-order valence-corrected chi connectivity index (χ4v) is 7.77. The minimum absolute atomic E-state index is 1.11. The zero-order valence-electron chi connectivity index (χ0n) is 25.0. The highest BCUT2D eigenvalue weighted by Gasteiger charge is 2.16. The van der Waals surface area contributed by atoms with Gasteiger partial charge in [-0.1, -0.05) is 103 Å². The Morgan fingerprint density at radius 2 is 1.02 bits per heavy atom. The van der Waals surface area contributed by atoms with Gasteiger partial charge in [0.25, 0.3) is 0 Å². The van der Waals surface area contributed by atoms with Crippen LogP contribution in [0.1, 0.15) is 0 Å². The van der Waals surface area contributed by atoms with Gasteiger partial charge in [-0.2, -0.15) is 0 Å². The summed E-state index contributed by atoms with van der Waals surface area (Å²) in [6.07, 6.45) is 3.86. The van der Waals surface area contributed by atoms with Crippen LogP contribution in [0.3, 0.4) is 0 Å². The molecule has 2 aromatic heterocycles. The van der Waals surface area contributed by atoms with Crippen LogP contribution >= 0.6 is 11.3 Å². The van der Waals surface area contributed by atoms with Crippen molar-refractivity contribution in [3.8, 4) is 22.3 Å². The molecule has 0 aliphatic carbocycles. The van der Waals surface area contributed by atoms with Crippen LogP contribution in [0.4, 0.5) is 17.1 Å². The number of thiophene rings is 1. The number of benzene rings is 7. The summed E-state index contributed by atoms with van der Waals surface area (Å²) in [5.74, 6) is 0. The number of fused-ring (bicyclic) bond motifs is 6. The molecule has 0 aliphatic rings. The van der Waals surface area contributed by atoms with Crippen LogP contribution in [0.15, 0.2) is 170 Å². The summed E-state index contributed by atoms with van der Waals surface area (Å²) >= 11 is 1.82. The molecular formula is C43H28N2S. The van der Waals surface area contributed by atoms with Crippen molar-refractivity contribution in [2.75, 3.05) is 4.90 Å². The monoisotopic (exact) mass is 604 g/mol. The second kappa shape index (κ2) is 11.0. The molecule has 0 amide bonds. The standard InChI is InChI=1S/C43H28N2S/c1-2-8-29(9-3-1)30-14-18-33(19-15-30)45(35-22-23-42-40(27-35)41-28-44-25-24-43(41)46-42)34-20-16-31(17-21-34)39-26-32-10-4-5-11-36(32)37-12-6-7-13-38(37)39/h1-28H. The summed E-state index contributed by atoms with van der Waals surface area (Å²) < 4.78 is 2.53. The van der Waals surface area contributed by atoms with E-state index in [9.17, 15) is 0 Å². The van der Waals surface area contributed by atoms with Gasteiger partial charge in [0.2, 0.25) is 0 Å². The zero-order valence-corrected chi connectivity index (χ0v) is 25.8. The minimum atomic E-state index is 1.11. The first kappa shape index (κ1) is 26.6. The Hall–Kier alpha value is -5.77. The number of nitrogens with zero attached hydrogens (tertiary/aromatic N) is 2. The van der Waals surface area contributed by atoms with Crippen molar-refractivity contribution < 1.29 is 0 Å². The topological polar surface area (TPSA) is 16.1 Å².